The smallest absolute Gasteiger partial charge is 0.258 e. The number of nitrogens with two attached hydrogens (primary N) is 1. The first-order valence-corrected chi connectivity index (χ1v) is 7.25. The first-order valence-electron chi connectivity index (χ1n) is 6.02. The lowest BCUT2D eigenvalue weighted by Crippen LogP contribution is -2.09. The van der Waals surface area contributed by atoms with Crippen LogP contribution >= 0.6 is 11.8 Å². The fourth-order valence-electron chi connectivity index (χ4n) is 1.65. The number of hydrogen-bond donors (Lipinski definition) is 2. The molecule has 21 heavy (non-hydrogen) atoms. The van der Waals surface area contributed by atoms with Crippen molar-refractivity contribution in [1.82, 2.24) is 29.7 Å². The zero-order valence-corrected chi connectivity index (χ0v) is 11.9. The van der Waals surface area contributed by atoms with Crippen molar-refractivity contribution < 1.29 is 0 Å². The van der Waals surface area contributed by atoms with Gasteiger partial charge < -0.3 is 11.1 Å². The molecule has 0 saturated carbocycles. The molecule has 106 valence electrons. The van der Waals surface area contributed by atoms with Gasteiger partial charge in [0.25, 0.3) is 5.95 Å². The molecule has 0 radical (unpaired) electrons. The Labute approximate surface area is 124 Å². The van der Waals surface area contributed by atoms with Crippen LogP contribution in [0.15, 0.2) is 41.8 Å². The average molecular weight is 300 g/mol. The second-order valence-electron chi connectivity index (χ2n) is 4.01. The van der Waals surface area contributed by atoms with Gasteiger partial charge in [0.15, 0.2) is 0 Å². The van der Waals surface area contributed by atoms with Crippen LogP contribution in [0.25, 0.3) is 5.95 Å². The number of hydrogen-bond acceptors (Lipinski definition) is 8. The summed E-state index contributed by atoms with van der Waals surface area (Å²) in [7, 11) is 0. The summed E-state index contributed by atoms with van der Waals surface area (Å²) in [6, 6.07) is 7.91. The molecule has 9 heteroatoms. The lowest BCUT2D eigenvalue weighted by Gasteiger charge is -2.07. The summed E-state index contributed by atoms with van der Waals surface area (Å²) in [5.41, 5.74) is 6.56. The van der Waals surface area contributed by atoms with Gasteiger partial charge in [0.2, 0.25) is 11.9 Å². The molecule has 2 aromatic heterocycles. The van der Waals surface area contributed by atoms with Gasteiger partial charge in [-0.3, -0.25) is 0 Å². The van der Waals surface area contributed by atoms with Crippen LogP contribution in [0.5, 0.6) is 0 Å². The summed E-state index contributed by atoms with van der Waals surface area (Å²) in [5.74, 6) is 0.770. The molecule has 0 amide bonds. The maximum absolute atomic E-state index is 5.70. The number of nitrogens with zero attached hydrogens (tertiary/aromatic N) is 6. The Balaban J connectivity index is 1.88. The van der Waals surface area contributed by atoms with E-state index in [0.717, 1.165) is 5.69 Å². The summed E-state index contributed by atoms with van der Waals surface area (Å²) >= 11 is 1.68. The van der Waals surface area contributed by atoms with Crippen molar-refractivity contribution in [2.24, 2.45) is 0 Å². The van der Waals surface area contributed by atoms with Crippen LogP contribution in [0.2, 0.25) is 0 Å². The van der Waals surface area contributed by atoms with E-state index in [1.54, 1.807) is 11.8 Å². The molecule has 0 spiro atoms. The molecule has 0 aliphatic rings. The zero-order valence-electron chi connectivity index (χ0n) is 11.1. The first kappa shape index (κ1) is 13.3. The minimum atomic E-state index is 0.110. The highest BCUT2D eigenvalue weighted by molar-refractivity contribution is 7.98. The van der Waals surface area contributed by atoms with Crippen LogP contribution in [0.1, 0.15) is 0 Å². The Bertz CT molecular complexity index is 726. The number of nitrogens with one attached hydrogen (secondary N) is 1. The van der Waals surface area contributed by atoms with Gasteiger partial charge in [-0.05, 0) is 30.5 Å². The molecule has 3 rings (SSSR count). The number of aromatic nitrogens is 6. The summed E-state index contributed by atoms with van der Waals surface area (Å²) in [4.78, 5) is 17.4. The second kappa shape index (κ2) is 5.75. The van der Waals surface area contributed by atoms with Crippen LogP contribution in [0.4, 0.5) is 17.6 Å². The van der Waals surface area contributed by atoms with Gasteiger partial charge in [0.1, 0.15) is 12.7 Å². The molecule has 0 aliphatic heterocycles. The van der Waals surface area contributed by atoms with Gasteiger partial charge in [-0.15, -0.1) is 11.8 Å². The highest BCUT2D eigenvalue weighted by Gasteiger charge is 2.07. The van der Waals surface area contributed by atoms with E-state index in [4.69, 9.17) is 5.73 Å². The third kappa shape index (κ3) is 3.08. The number of thioether (sulfide) groups is 1. The minimum Gasteiger partial charge on any atom is -0.368 e. The van der Waals surface area contributed by atoms with Crippen LogP contribution < -0.4 is 11.1 Å². The van der Waals surface area contributed by atoms with E-state index in [1.165, 1.54) is 22.2 Å². The number of anilines is 3. The van der Waals surface area contributed by atoms with Gasteiger partial charge in [0, 0.05) is 10.6 Å². The number of rotatable bonds is 4. The minimum absolute atomic E-state index is 0.110. The van der Waals surface area contributed by atoms with Crippen molar-refractivity contribution in [2.45, 2.75) is 4.90 Å². The van der Waals surface area contributed by atoms with Crippen molar-refractivity contribution in [2.75, 3.05) is 17.3 Å². The maximum atomic E-state index is 5.70. The van der Waals surface area contributed by atoms with Gasteiger partial charge in [0.05, 0.1) is 0 Å². The van der Waals surface area contributed by atoms with Crippen LogP contribution in [-0.4, -0.2) is 36.0 Å². The Morgan fingerprint density at radius 3 is 2.62 bits per heavy atom. The summed E-state index contributed by atoms with van der Waals surface area (Å²) in [5, 5.41) is 7.05. The topological polar surface area (TPSA) is 107 Å². The number of benzene rings is 1. The summed E-state index contributed by atoms with van der Waals surface area (Å²) < 4.78 is 1.42. The van der Waals surface area contributed by atoms with Gasteiger partial charge in [-0.1, -0.05) is 0 Å². The predicted molar refractivity (Wildman–Crippen MR) is 80.7 cm³/mol. The van der Waals surface area contributed by atoms with Gasteiger partial charge >= 0.3 is 0 Å². The quantitative estimate of drug-likeness (QED) is 0.698. The van der Waals surface area contributed by atoms with Gasteiger partial charge in [-0.2, -0.15) is 24.7 Å². The molecule has 8 nitrogen and oxygen atoms in total. The van der Waals surface area contributed by atoms with Crippen LogP contribution in [0, 0.1) is 0 Å². The highest BCUT2D eigenvalue weighted by Crippen LogP contribution is 2.19. The van der Waals surface area contributed by atoms with E-state index in [2.05, 4.69) is 30.4 Å². The van der Waals surface area contributed by atoms with E-state index < -0.39 is 0 Å². The third-order valence-electron chi connectivity index (χ3n) is 2.61. The predicted octanol–water partition coefficient (Wildman–Crippen LogP) is 1.50. The SMILES string of the molecule is CSc1ccc(Nc2nc(N)nc(-n3cncn3)n2)cc1. The third-order valence-corrected chi connectivity index (χ3v) is 3.35. The Morgan fingerprint density at radius 1 is 1.14 bits per heavy atom. The monoisotopic (exact) mass is 300 g/mol. The Morgan fingerprint density at radius 2 is 1.95 bits per heavy atom. The Kier molecular flexibility index (Phi) is 3.65. The molecular formula is C12H12N8S. The van der Waals surface area contributed by atoms with Gasteiger partial charge in [-0.25, -0.2) is 4.98 Å². The molecule has 1 aromatic carbocycles. The summed E-state index contributed by atoms with van der Waals surface area (Å²) in [6.07, 6.45) is 4.92. The molecule has 3 N–H and O–H groups in total. The van der Waals surface area contributed by atoms with E-state index in [0.29, 0.717) is 11.9 Å². The van der Waals surface area contributed by atoms with Crippen LogP contribution in [-0.2, 0) is 0 Å². The standard InChI is InChI=1S/C12H12N8S/c1-21-9-4-2-8(3-5-9)16-11-17-10(13)18-12(19-11)20-7-14-6-15-20/h2-7H,1H3,(H3,13,16,17,18,19). The second-order valence-corrected chi connectivity index (χ2v) is 4.89. The largest absolute Gasteiger partial charge is 0.368 e. The lowest BCUT2D eigenvalue weighted by molar-refractivity contribution is 0.800. The molecule has 0 saturated heterocycles. The molecule has 0 unspecified atom stereocenters. The maximum Gasteiger partial charge on any atom is 0.258 e. The molecule has 0 aliphatic carbocycles. The molecule has 0 fully saturated rings. The molecule has 0 atom stereocenters. The van der Waals surface area contributed by atoms with Crippen molar-refractivity contribution in [3.05, 3.63) is 36.9 Å². The number of nitrogen functional groups attached to an aromatic ring is 1. The lowest BCUT2D eigenvalue weighted by atomic mass is 10.3. The normalized spacial score (nSPS) is 10.5. The van der Waals surface area contributed by atoms with E-state index in [-0.39, 0.29) is 5.95 Å². The zero-order chi connectivity index (χ0) is 14.7. The van der Waals surface area contributed by atoms with E-state index in [9.17, 15) is 0 Å². The molecule has 0 bridgehead atoms. The van der Waals surface area contributed by atoms with Crippen LogP contribution in [0.3, 0.4) is 0 Å². The average Bonchev–Trinajstić information content (AvgIpc) is 3.02. The van der Waals surface area contributed by atoms with E-state index >= 15 is 0 Å². The molecule has 2 heterocycles. The van der Waals surface area contributed by atoms with Crippen molar-refractivity contribution in [3.8, 4) is 5.95 Å². The van der Waals surface area contributed by atoms with Crippen molar-refractivity contribution in [1.29, 1.82) is 0 Å². The van der Waals surface area contributed by atoms with E-state index in [1.807, 2.05) is 30.5 Å². The fourth-order valence-corrected chi connectivity index (χ4v) is 2.06. The van der Waals surface area contributed by atoms with Crippen molar-refractivity contribution in [3.63, 3.8) is 0 Å². The molecular weight excluding hydrogens is 288 g/mol. The molecule has 3 aromatic rings. The highest BCUT2D eigenvalue weighted by atomic mass is 32.2. The fraction of sp³-hybridized carbons (Fsp3) is 0.0833. The van der Waals surface area contributed by atoms with Crippen molar-refractivity contribution >= 4 is 29.3 Å². The Hall–Kier alpha value is -2.68. The first-order chi connectivity index (χ1) is 10.2. The summed E-state index contributed by atoms with van der Waals surface area (Å²) in [6.45, 7) is 0.